The molecule has 0 unspecified atom stereocenters. The van der Waals surface area contributed by atoms with E-state index < -0.39 is 6.04 Å². The fourth-order valence-corrected chi connectivity index (χ4v) is 5.52. The fourth-order valence-electron chi connectivity index (χ4n) is 5.52. The van der Waals surface area contributed by atoms with Gasteiger partial charge in [-0.15, -0.1) is 5.10 Å². The minimum Gasteiger partial charge on any atom is -0.493 e. The van der Waals surface area contributed by atoms with Gasteiger partial charge in [-0.1, -0.05) is 17.3 Å². The van der Waals surface area contributed by atoms with Gasteiger partial charge in [0.2, 0.25) is 11.8 Å². The maximum absolute atomic E-state index is 13.7. The average molecular weight is 601 g/mol. The molecule has 5 rings (SSSR count). The van der Waals surface area contributed by atoms with Crippen LogP contribution in [-0.2, 0) is 29.1 Å². The summed E-state index contributed by atoms with van der Waals surface area (Å²) >= 11 is 0. The molecule has 0 saturated carbocycles. The summed E-state index contributed by atoms with van der Waals surface area (Å²) in [7, 11) is 0. The summed E-state index contributed by atoms with van der Waals surface area (Å²) < 4.78 is 13.6. The molecular formula is C33H40N6O5. The number of fused-ring (bicyclic) bond motifs is 4. The van der Waals surface area contributed by atoms with Crippen molar-refractivity contribution in [2.45, 2.75) is 73.0 Å². The van der Waals surface area contributed by atoms with E-state index in [1.807, 2.05) is 39.1 Å². The number of carbonyl (C=O) groups excluding carboxylic acids is 3. The Hall–Kier alpha value is -4.67. The summed E-state index contributed by atoms with van der Waals surface area (Å²) in [4.78, 5) is 41.3. The zero-order chi connectivity index (χ0) is 31.4. The van der Waals surface area contributed by atoms with E-state index >= 15 is 0 Å². The van der Waals surface area contributed by atoms with Gasteiger partial charge < -0.3 is 24.7 Å². The summed E-state index contributed by atoms with van der Waals surface area (Å²) in [5.74, 6) is -0.296. The van der Waals surface area contributed by atoms with Crippen LogP contribution in [0.1, 0.15) is 63.6 Å². The second-order valence-electron chi connectivity index (χ2n) is 11.6. The van der Waals surface area contributed by atoms with Crippen molar-refractivity contribution in [3.05, 3.63) is 75.8 Å². The SMILES string of the molecule is Cc1ccc2c(c1)OCCCn1cc(nn1)CN(C(=O)Cc1coc3c(C)c(C)cc(C)c13)CCCNC(=O)[C@@H](C)NC2=O. The van der Waals surface area contributed by atoms with Crippen molar-refractivity contribution in [1.29, 1.82) is 0 Å². The number of ether oxygens (including phenoxy) is 1. The van der Waals surface area contributed by atoms with Crippen LogP contribution in [-0.4, -0.2) is 63.4 Å². The van der Waals surface area contributed by atoms with E-state index in [0.29, 0.717) is 56.1 Å². The van der Waals surface area contributed by atoms with Gasteiger partial charge in [0.05, 0.1) is 37.6 Å². The minimum atomic E-state index is -0.754. The number of benzene rings is 2. The zero-order valence-corrected chi connectivity index (χ0v) is 26.0. The summed E-state index contributed by atoms with van der Waals surface area (Å²) in [6, 6.07) is 6.73. The summed E-state index contributed by atoms with van der Waals surface area (Å²) in [6.45, 7) is 11.6. The van der Waals surface area contributed by atoms with Crippen LogP contribution in [0.25, 0.3) is 11.0 Å². The highest BCUT2D eigenvalue weighted by Gasteiger charge is 2.22. The Balaban J connectivity index is 1.34. The maximum Gasteiger partial charge on any atom is 0.255 e. The molecule has 0 saturated heterocycles. The van der Waals surface area contributed by atoms with Gasteiger partial charge in [0.25, 0.3) is 5.91 Å². The third kappa shape index (κ3) is 6.93. The molecule has 44 heavy (non-hydrogen) atoms. The number of hydrogen-bond acceptors (Lipinski definition) is 7. The first-order valence-electron chi connectivity index (χ1n) is 15.1. The van der Waals surface area contributed by atoms with Gasteiger partial charge in [-0.3, -0.25) is 19.1 Å². The van der Waals surface area contributed by atoms with Crippen LogP contribution in [0.3, 0.4) is 0 Å². The highest BCUT2D eigenvalue weighted by atomic mass is 16.5. The summed E-state index contributed by atoms with van der Waals surface area (Å²) in [6.07, 6.45) is 4.85. The fraction of sp³-hybridized carbons (Fsp3) is 0.424. The molecule has 11 nitrogen and oxygen atoms in total. The molecule has 4 aromatic rings. The topological polar surface area (TPSA) is 132 Å². The zero-order valence-electron chi connectivity index (χ0n) is 26.0. The molecule has 0 aliphatic carbocycles. The van der Waals surface area contributed by atoms with Crippen molar-refractivity contribution in [1.82, 2.24) is 30.5 Å². The highest BCUT2D eigenvalue weighted by Crippen LogP contribution is 2.30. The lowest BCUT2D eigenvalue weighted by Crippen LogP contribution is -2.45. The van der Waals surface area contributed by atoms with Gasteiger partial charge in [-0.25, -0.2) is 0 Å². The van der Waals surface area contributed by atoms with Gasteiger partial charge in [-0.05, 0) is 75.4 Å². The Morgan fingerprint density at radius 2 is 1.89 bits per heavy atom. The Morgan fingerprint density at radius 3 is 2.70 bits per heavy atom. The van der Waals surface area contributed by atoms with Gasteiger partial charge in [0.15, 0.2) is 0 Å². The minimum absolute atomic E-state index is 0.0702. The number of aromatic nitrogens is 3. The first kappa shape index (κ1) is 30.8. The number of nitrogens with one attached hydrogen (secondary N) is 2. The third-order valence-electron chi connectivity index (χ3n) is 8.08. The van der Waals surface area contributed by atoms with Crippen molar-refractivity contribution >= 4 is 28.7 Å². The number of amides is 3. The van der Waals surface area contributed by atoms with E-state index in [9.17, 15) is 14.4 Å². The number of furan rings is 1. The van der Waals surface area contributed by atoms with Crippen molar-refractivity contribution in [2.75, 3.05) is 19.7 Å². The number of rotatable bonds is 2. The lowest BCUT2D eigenvalue weighted by molar-refractivity contribution is -0.131. The second kappa shape index (κ2) is 13.3. The predicted octanol–water partition coefficient (Wildman–Crippen LogP) is 3.94. The smallest absolute Gasteiger partial charge is 0.255 e. The molecule has 2 aromatic carbocycles. The molecule has 0 spiro atoms. The number of hydrogen-bond donors (Lipinski definition) is 2. The number of carbonyl (C=O) groups is 3. The Kier molecular flexibility index (Phi) is 9.32. The first-order chi connectivity index (χ1) is 21.1. The van der Waals surface area contributed by atoms with E-state index in [0.717, 1.165) is 38.8 Å². The van der Waals surface area contributed by atoms with E-state index in [1.165, 1.54) is 0 Å². The van der Waals surface area contributed by atoms with Crippen LogP contribution in [0.4, 0.5) is 0 Å². The second-order valence-corrected chi connectivity index (χ2v) is 11.6. The average Bonchev–Trinajstić information content (AvgIpc) is 3.62. The normalized spacial score (nSPS) is 17.1. The molecule has 1 aliphatic heterocycles. The molecule has 2 aromatic heterocycles. The number of nitrogens with zero attached hydrogens (tertiary/aromatic N) is 4. The van der Waals surface area contributed by atoms with Gasteiger partial charge >= 0.3 is 0 Å². The molecule has 1 atom stereocenters. The Morgan fingerprint density at radius 1 is 1.07 bits per heavy atom. The van der Waals surface area contributed by atoms with Crippen LogP contribution >= 0.6 is 0 Å². The molecule has 2 N–H and O–H groups in total. The predicted molar refractivity (Wildman–Crippen MR) is 165 cm³/mol. The quantitative estimate of drug-likeness (QED) is 0.356. The highest BCUT2D eigenvalue weighted by molar-refractivity contribution is 5.99. The molecule has 3 heterocycles. The lowest BCUT2D eigenvalue weighted by atomic mass is 9.98. The van der Waals surface area contributed by atoms with Gasteiger partial charge in [0.1, 0.15) is 23.1 Å². The molecule has 0 radical (unpaired) electrons. The van der Waals surface area contributed by atoms with Crippen molar-refractivity contribution < 1.29 is 23.5 Å². The molecule has 2 bridgehead atoms. The van der Waals surface area contributed by atoms with E-state index in [2.05, 4.69) is 33.9 Å². The van der Waals surface area contributed by atoms with E-state index in [4.69, 9.17) is 9.15 Å². The molecule has 0 fully saturated rings. The van der Waals surface area contributed by atoms with Crippen LogP contribution in [0.15, 0.2) is 41.1 Å². The molecule has 1 aliphatic rings. The maximum atomic E-state index is 13.7. The van der Waals surface area contributed by atoms with E-state index in [-0.39, 0.29) is 30.7 Å². The molecule has 11 heteroatoms. The number of aryl methyl sites for hydroxylation is 5. The molecule has 3 amide bonds. The lowest BCUT2D eigenvalue weighted by Gasteiger charge is -2.22. The van der Waals surface area contributed by atoms with Crippen LogP contribution in [0.5, 0.6) is 5.75 Å². The summed E-state index contributed by atoms with van der Waals surface area (Å²) in [5, 5.41) is 15.2. The van der Waals surface area contributed by atoms with Crippen molar-refractivity contribution in [3.8, 4) is 5.75 Å². The van der Waals surface area contributed by atoms with Gasteiger partial charge in [0, 0.05) is 37.0 Å². The van der Waals surface area contributed by atoms with Crippen LogP contribution < -0.4 is 15.4 Å². The summed E-state index contributed by atoms with van der Waals surface area (Å²) in [5.41, 5.74) is 6.95. The van der Waals surface area contributed by atoms with Crippen LogP contribution in [0, 0.1) is 27.7 Å². The van der Waals surface area contributed by atoms with Crippen LogP contribution in [0.2, 0.25) is 0 Å². The third-order valence-corrected chi connectivity index (χ3v) is 8.08. The first-order valence-corrected chi connectivity index (χ1v) is 15.1. The van der Waals surface area contributed by atoms with Gasteiger partial charge in [-0.2, -0.15) is 0 Å². The molecule has 232 valence electrons. The monoisotopic (exact) mass is 600 g/mol. The van der Waals surface area contributed by atoms with Crippen molar-refractivity contribution in [2.24, 2.45) is 0 Å². The molecular weight excluding hydrogens is 560 g/mol. The van der Waals surface area contributed by atoms with E-state index in [1.54, 1.807) is 28.8 Å². The standard InChI is InChI=1S/C33H40N6O5/c1-20-8-9-27-28(14-20)43-13-7-12-39-18-26(36-37-39)17-38(11-6-10-34-32(41)24(5)35-33(27)42)29(40)16-25-19-44-31-23(4)21(2)15-22(3)30(25)31/h8-9,14-15,18-19,24H,6-7,10-13,16-17H2,1-5H3,(H,34,41)(H,35,42)/t24-/m1/s1. The largest absolute Gasteiger partial charge is 0.493 e. The Bertz CT molecular complexity index is 1690. The van der Waals surface area contributed by atoms with Crippen molar-refractivity contribution in [3.63, 3.8) is 0 Å². The Labute approximate surface area is 256 Å².